The van der Waals surface area contributed by atoms with Gasteiger partial charge in [-0.05, 0) is 77.5 Å². The first-order valence-corrected chi connectivity index (χ1v) is 7.68. The number of halogens is 1. The Morgan fingerprint density at radius 3 is 2.20 bits per heavy atom. The topological polar surface area (TPSA) is 41.1 Å². The van der Waals surface area contributed by atoms with E-state index in [2.05, 4.69) is 40.1 Å². The molecule has 4 heteroatoms. The van der Waals surface area contributed by atoms with E-state index in [9.17, 15) is 4.79 Å². The summed E-state index contributed by atoms with van der Waals surface area (Å²) in [6.45, 7) is 3.06. The highest BCUT2D eigenvalue weighted by Crippen LogP contribution is 2.14. The summed E-state index contributed by atoms with van der Waals surface area (Å²) < 4.78 is 1.15. The van der Waals surface area contributed by atoms with Gasteiger partial charge in [-0.2, -0.15) is 0 Å². The molecule has 0 saturated carbocycles. The predicted molar refractivity (Wildman–Crippen MR) is 92.3 cm³/mol. The van der Waals surface area contributed by atoms with Gasteiger partial charge in [-0.25, -0.2) is 0 Å². The minimum Gasteiger partial charge on any atom is -0.385 e. The molecule has 0 radical (unpaired) electrons. The van der Waals surface area contributed by atoms with Gasteiger partial charge in [0.2, 0.25) is 0 Å². The smallest absolute Gasteiger partial charge is 0.255 e. The normalized spacial score (nSPS) is 10.1. The second kappa shape index (κ2) is 7.28. The van der Waals surface area contributed by atoms with Crippen molar-refractivity contribution in [1.82, 2.24) is 0 Å². The highest BCUT2D eigenvalue weighted by atomic mass is 127. The average molecular weight is 380 g/mol. The maximum absolute atomic E-state index is 12.1. The summed E-state index contributed by atoms with van der Waals surface area (Å²) in [5, 5.41) is 6.17. The molecule has 0 spiro atoms. The van der Waals surface area contributed by atoms with Gasteiger partial charge in [0.05, 0.1) is 0 Å². The van der Waals surface area contributed by atoms with E-state index in [0.29, 0.717) is 5.56 Å². The van der Waals surface area contributed by atoms with Gasteiger partial charge in [0, 0.05) is 27.1 Å². The van der Waals surface area contributed by atoms with Gasteiger partial charge in [0.15, 0.2) is 0 Å². The number of hydrogen-bond acceptors (Lipinski definition) is 2. The van der Waals surface area contributed by atoms with Gasteiger partial charge >= 0.3 is 0 Å². The van der Waals surface area contributed by atoms with Gasteiger partial charge in [-0.3, -0.25) is 4.79 Å². The van der Waals surface area contributed by atoms with Crippen LogP contribution in [0.25, 0.3) is 0 Å². The fourth-order valence-corrected chi connectivity index (χ4v) is 2.10. The molecule has 0 aliphatic heterocycles. The maximum Gasteiger partial charge on any atom is 0.255 e. The number of rotatable bonds is 5. The third-order valence-corrected chi connectivity index (χ3v) is 3.55. The van der Waals surface area contributed by atoms with E-state index in [0.717, 1.165) is 27.9 Å². The molecule has 2 rings (SSSR count). The molecule has 0 fully saturated rings. The van der Waals surface area contributed by atoms with E-state index in [1.807, 2.05) is 48.5 Å². The molecule has 2 aromatic carbocycles. The summed E-state index contributed by atoms with van der Waals surface area (Å²) >= 11 is 2.24. The van der Waals surface area contributed by atoms with Crippen LogP contribution in [0.1, 0.15) is 23.7 Å². The summed E-state index contributed by atoms with van der Waals surface area (Å²) in [7, 11) is 0. The van der Waals surface area contributed by atoms with Crippen molar-refractivity contribution in [2.24, 2.45) is 0 Å². The Labute approximate surface area is 132 Å². The predicted octanol–water partition coefficient (Wildman–Crippen LogP) is 4.37. The van der Waals surface area contributed by atoms with Gasteiger partial charge < -0.3 is 10.6 Å². The Bertz CT molecular complexity index is 564. The zero-order valence-corrected chi connectivity index (χ0v) is 13.5. The number of hydrogen-bond donors (Lipinski definition) is 2. The first-order valence-electron chi connectivity index (χ1n) is 6.60. The van der Waals surface area contributed by atoms with Crippen molar-refractivity contribution in [3.05, 3.63) is 57.7 Å². The molecule has 0 bridgehead atoms. The summed E-state index contributed by atoms with van der Waals surface area (Å²) in [4.78, 5) is 12.1. The zero-order valence-electron chi connectivity index (χ0n) is 11.3. The lowest BCUT2D eigenvalue weighted by molar-refractivity contribution is 0.102. The van der Waals surface area contributed by atoms with Crippen LogP contribution in [0.3, 0.4) is 0 Å². The molecule has 0 heterocycles. The van der Waals surface area contributed by atoms with Gasteiger partial charge in [-0.1, -0.05) is 6.92 Å². The van der Waals surface area contributed by atoms with Crippen LogP contribution < -0.4 is 10.6 Å². The Morgan fingerprint density at radius 2 is 1.60 bits per heavy atom. The van der Waals surface area contributed by atoms with E-state index < -0.39 is 0 Å². The summed E-state index contributed by atoms with van der Waals surface area (Å²) in [6, 6.07) is 15.3. The Hall–Kier alpha value is -1.56. The number of carbonyl (C=O) groups excluding carboxylic acids is 1. The van der Waals surface area contributed by atoms with Crippen LogP contribution in [0.4, 0.5) is 11.4 Å². The van der Waals surface area contributed by atoms with Crippen molar-refractivity contribution in [1.29, 1.82) is 0 Å². The maximum atomic E-state index is 12.1. The molecule has 2 aromatic rings. The van der Waals surface area contributed by atoms with E-state index in [1.165, 1.54) is 0 Å². The van der Waals surface area contributed by atoms with Crippen molar-refractivity contribution >= 4 is 39.9 Å². The molecular weight excluding hydrogens is 363 g/mol. The highest BCUT2D eigenvalue weighted by molar-refractivity contribution is 14.1. The summed E-state index contributed by atoms with van der Waals surface area (Å²) in [5.74, 6) is -0.0896. The zero-order chi connectivity index (χ0) is 14.4. The van der Waals surface area contributed by atoms with Crippen LogP contribution in [-0.2, 0) is 0 Å². The van der Waals surface area contributed by atoms with Crippen molar-refractivity contribution in [3.63, 3.8) is 0 Å². The van der Waals surface area contributed by atoms with Crippen molar-refractivity contribution in [3.8, 4) is 0 Å². The Kier molecular flexibility index (Phi) is 5.40. The standard InChI is InChI=1S/C16H17IN2O/c1-2-11-18-14-7-3-12(4-8-14)16(20)19-15-9-5-13(17)6-10-15/h3-10,18H,2,11H2,1H3,(H,19,20). The Balaban J connectivity index is 2.00. The number of benzene rings is 2. The molecule has 0 unspecified atom stereocenters. The molecular formula is C16H17IN2O. The molecule has 20 heavy (non-hydrogen) atoms. The van der Waals surface area contributed by atoms with Crippen molar-refractivity contribution in [2.75, 3.05) is 17.2 Å². The average Bonchev–Trinajstić information content (AvgIpc) is 2.48. The summed E-state index contributed by atoms with van der Waals surface area (Å²) in [5.41, 5.74) is 2.51. The molecule has 0 atom stereocenters. The summed E-state index contributed by atoms with van der Waals surface area (Å²) in [6.07, 6.45) is 1.08. The molecule has 2 N–H and O–H groups in total. The number of carbonyl (C=O) groups is 1. The molecule has 1 amide bonds. The number of nitrogens with one attached hydrogen (secondary N) is 2. The number of amides is 1. The SMILES string of the molecule is CCCNc1ccc(C(=O)Nc2ccc(I)cc2)cc1. The van der Waals surface area contributed by atoms with E-state index >= 15 is 0 Å². The van der Waals surface area contributed by atoms with E-state index in [1.54, 1.807) is 0 Å². The van der Waals surface area contributed by atoms with E-state index in [4.69, 9.17) is 0 Å². The molecule has 3 nitrogen and oxygen atoms in total. The molecule has 0 aliphatic carbocycles. The largest absolute Gasteiger partial charge is 0.385 e. The highest BCUT2D eigenvalue weighted by Gasteiger charge is 2.05. The third kappa shape index (κ3) is 4.23. The quantitative estimate of drug-likeness (QED) is 0.757. The van der Waals surface area contributed by atoms with Crippen molar-refractivity contribution in [2.45, 2.75) is 13.3 Å². The lowest BCUT2D eigenvalue weighted by Gasteiger charge is -2.07. The van der Waals surface area contributed by atoms with Crippen LogP contribution in [0.2, 0.25) is 0 Å². The lowest BCUT2D eigenvalue weighted by Crippen LogP contribution is -2.11. The fourth-order valence-electron chi connectivity index (χ4n) is 1.75. The molecule has 0 saturated heterocycles. The Morgan fingerprint density at radius 1 is 1.00 bits per heavy atom. The van der Waals surface area contributed by atoms with Crippen LogP contribution in [0.5, 0.6) is 0 Å². The fraction of sp³-hybridized carbons (Fsp3) is 0.188. The number of anilines is 2. The van der Waals surface area contributed by atoms with E-state index in [-0.39, 0.29) is 5.91 Å². The third-order valence-electron chi connectivity index (χ3n) is 2.83. The van der Waals surface area contributed by atoms with Gasteiger partial charge in [0.1, 0.15) is 0 Å². The van der Waals surface area contributed by atoms with Gasteiger partial charge in [-0.15, -0.1) is 0 Å². The minimum absolute atomic E-state index is 0.0896. The van der Waals surface area contributed by atoms with Crippen LogP contribution in [-0.4, -0.2) is 12.5 Å². The monoisotopic (exact) mass is 380 g/mol. The van der Waals surface area contributed by atoms with Crippen LogP contribution in [0.15, 0.2) is 48.5 Å². The van der Waals surface area contributed by atoms with Crippen LogP contribution in [0, 0.1) is 3.57 Å². The van der Waals surface area contributed by atoms with Gasteiger partial charge in [0.25, 0.3) is 5.91 Å². The van der Waals surface area contributed by atoms with Crippen molar-refractivity contribution < 1.29 is 4.79 Å². The lowest BCUT2D eigenvalue weighted by atomic mass is 10.2. The minimum atomic E-state index is -0.0896. The first kappa shape index (κ1) is 14.8. The molecule has 0 aromatic heterocycles. The van der Waals surface area contributed by atoms with Crippen LogP contribution >= 0.6 is 22.6 Å². The second-order valence-corrected chi connectivity index (χ2v) is 5.71. The molecule has 104 valence electrons. The molecule has 0 aliphatic rings. The second-order valence-electron chi connectivity index (χ2n) is 4.47. The first-order chi connectivity index (χ1) is 9.69.